The molecule has 4 aromatic rings. The molecule has 6 rings (SSSR count). The average molecular weight is 987 g/mol. The lowest BCUT2D eigenvalue weighted by Crippen LogP contribution is -2.39. The molecule has 0 aromatic heterocycles. The fourth-order valence-corrected chi connectivity index (χ4v) is 9.27. The topological polar surface area (TPSA) is 152 Å². The second kappa shape index (κ2) is 24.7. The third-order valence-electron chi connectivity index (χ3n) is 10.5. The Labute approximate surface area is 402 Å². The maximum Gasteiger partial charge on any atom is 0.303 e. The smallest absolute Gasteiger partial charge is 0.303 e. The molecule has 2 N–H and O–H groups in total. The van der Waals surface area contributed by atoms with Gasteiger partial charge in [0.2, 0.25) is 11.8 Å². The van der Waals surface area contributed by atoms with E-state index in [4.69, 9.17) is 75.6 Å². The Morgan fingerprint density at radius 2 is 0.954 bits per heavy atom. The molecule has 0 unspecified atom stereocenters. The lowest BCUT2D eigenvalue weighted by Gasteiger charge is -2.25. The van der Waals surface area contributed by atoms with E-state index in [1.54, 1.807) is 34.1 Å². The van der Waals surface area contributed by atoms with Crippen LogP contribution in [0.15, 0.2) is 82.6 Å². The molecular weight excluding hydrogens is 938 g/mol. The van der Waals surface area contributed by atoms with E-state index in [0.717, 1.165) is 0 Å². The standard InChI is InChI=1S/C48H48Cl4N2O10S/c49-45-33(15-17-41(55)53-19-25-61-26-20-53)35(31-9-1-3-11-37(31)63-23-7-5-13-43(57)58)29-39(47(45)51)65-40-30-36(32-10-2-4-12-38(32)64-24-8-6-14-44(59)60)34(46(50)48(40)52)16-18-42(56)54-21-27-62-28-22-54/h1-4,9-12,15-18,29-30H,5-8,13-14,19-28H2,(H,57,58)(H,59,60)/b17-15+,18-16+. The molecule has 0 aliphatic carbocycles. The Morgan fingerprint density at radius 3 is 1.34 bits per heavy atom. The summed E-state index contributed by atoms with van der Waals surface area (Å²) in [5, 5.41) is 19.0. The van der Waals surface area contributed by atoms with Crippen LogP contribution in [-0.4, -0.2) is 110 Å². The third-order valence-corrected chi connectivity index (χ3v) is 13.6. The molecule has 0 spiro atoms. The van der Waals surface area contributed by atoms with Crippen LogP contribution < -0.4 is 9.47 Å². The molecule has 2 aliphatic rings. The Balaban J connectivity index is 1.44. The molecule has 65 heavy (non-hydrogen) atoms. The number of carbonyl (C=O) groups is 4. The molecule has 2 heterocycles. The molecule has 0 bridgehead atoms. The van der Waals surface area contributed by atoms with E-state index in [0.29, 0.717) is 133 Å². The van der Waals surface area contributed by atoms with Crippen LogP contribution in [0.1, 0.15) is 49.7 Å². The number of para-hydroxylation sites is 2. The first-order chi connectivity index (χ1) is 31.4. The lowest BCUT2D eigenvalue weighted by molar-refractivity contribution is -0.138. The van der Waals surface area contributed by atoms with Crippen LogP contribution in [0.4, 0.5) is 0 Å². The minimum atomic E-state index is -0.879. The number of ether oxygens (including phenoxy) is 4. The summed E-state index contributed by atoms with van der Waals surface area (Å²) in [6.07, 6.45) is 8.14. The van der Waals surface area contributed by atoms with Crippen molar-refractivity contribution in [2.75, 3.05) is 65.8 Å². The van der Waals surface area contributed by atoms with Gasteiger partial charge in [0.05, 0.1) is 59.7 Å². The van der Waals surface area contributed by atoms with Crippen LogP contribution in [0.25, 0.3) is 34.4 Å². The number of amides is 2. The summed E-state index contributed by atoms with van der Waals surface area (Å²) in [6.45, 7) is 4.07. The van der Waals surface area contributed by atoms with E-state index in [1.165, 1.54) is 23.9 Å². The number of carboxylic acid groups (broad SMARTS) is 2. The van der Waals surface area contributed by atoms with Gasteiger partial charge < -0.3 is 39.0 Å². The molecule has 4 aromatic carbocycles. The van der Waals surface area contributed by atoms with Gasteiger partial charge in [-0.1, -0.05) is 94.6 Å². The van der Waals surface area contributed by atoms with Crippen LogP contribution in [-0.2, 0) is 28.7 Å². The van der Waals surface area contributed by atoms with Crippen molar-refractivity contribution in [1.82, 2.24) is 9.80 Å². The van der Waals surface area contributed by atoms with Gasteiger partial charge in [-0.3, -0.25) is 19.2 Å². The fourth-order valence-electron chi connectivity index (χ4n) is 7.11. The van der Waals surface area contributed by atoms with Gasteiger partial charge in [0.1, 0.15) is 11.5 Å². The monoisotopic (exact) mass is 984 g/mol. The zero-order valence-electron chi connectivity index (χ0n) is 35.4. The van der Waals surface area contributed by atoms with Crippen molar-refractivity contribution in [3.8, 4) is 33.8 Å². The van der Waals surface area contributed by atoms with E-state index in [-0.39, 0.29) is 58.0 Å². The number of carboxylic acids is 2. The zero-order valence-corrected chi connectivity index (χ0v) is 39.2. The Morgan fingerprint density at radius 1 is 0.569 bits per heavy atom. The van der Waals surface area contributed by atoms with Gasteiger partial charge in [-0.25, -0.2) is 0 Å². The van der Waals surface area contributed by atoms with Crippen molar-refractivity contribution in [1.29, 1.82) is 0 Å². The molecule has 0 saturated carbocycles. The van der Waals surface area contributed by atoms with Gasteiger partial charge in [0, 0.05) is 83.2 Å². The molecular formula is C48H48Cl4N2O10S. The van der Waals surface area contributed by atoms with Crippen LogP contribution in [0, 0.1) is 0 Å². The lowest BCUT2D eigenvalue weighted by atomic mass is 9.98. The number of halogens is 4. The molecule has 2 fully saturated rings. The summed E-state index contributed by atoms with van der Waals surface area (Å²) in [6, 6.07) is 18.4. The third kappa shape index (κ3) is 13.7. The first-order valence-corrected chi connectivity index (χ1v) is 23.4. The average Bonchev–Trinajstić information content (AvgIpc) is 3.31. The number of aliphatic carboxylic acids is 2. The highest BCUT2D eigenvalue weighted by Crippen LogP contribution is 2.50. The van der Waals surface area contributed by atoms with Crippen molar-refractivity contribution in [2.24, 2.45) is 0 Å². The van der Waals surface area contributed by atoms with E-state index in [2.05, 4.69) is 0 Å². The molecule has 0 radical (unpaired) electrons. The Hall–Kier alpha value is -4.73. The minimum Gasteiger partial charge on any atom is -0.493 e. The van der Waals surface area contributed by atoms with E-state index < -0.39 is 11.9 Å². The fraction of sp³-hybridized carbons (Fsp3) is 0.333. The number of rotatable bonds is 20. The quantitative estimate of drug-likeness (QED) is 0.0643. The summed E-state index contributed by atoms with van der Waals surface area (Å²) in [5.74, 6) is -1.17. The van der Waals surface area contributed by atoms with E-state index >= 15 is 0 Å². The van der Waals surface area contributed by atoms with Gasteiger partial charge in [-0.15, -0.1) is 0 Å². The summed E-state index contributed by atoms with van der Waals surface area (Å²) < 4.78 is 23.3. The zero-order chi connectivity index (χ0) is 46.3. The minimum absolute atomic E-state index is 0.0236. The normalized spacial score (nSPS) is 14.3. The van der Waals surface area contributed by atoms with Gasteiger partial charge in [0.25, 0.3) is 0 Å². The molecule has 2 saturated heterocycles. The maximum atomic E-state index is 13.3. The first-order valence-electron chi connectivity index (χ1n) is 21.1. The summed E-state index contributed by atoms with van der Waals surface area (Å²) >= 11 is 29.9. The molecule has 344 valence electrons. The predicted octanol–water partition coefficient (Wildman–Crippen LogP) is 10.8. The summed E-state index contributed by atoms with van der Waals surface area (Å²) in [4.78, 5) is 53.3. The SMILES string of the molecule is O=C(O)CCCCOc1ccccc1-c1cc(Sc2cc(-c3ccccc3OCCCCC(=O)O)c(/C=C/C(=O)N3CCOCC3)c(Cl)c2Cl)c(Cl)c(Cl)c1/C=C/C(=O)N1CCOCC1. The van der Waals surface area contributed by atoms with Crippen LogP contribution in [0.2, 0.25) is 20.1 Å². The van der Waals surface area contributed by atoms with Crippen molar-refractivity contribution in [3.63, 3.8) is 0 Å². The Kier molecular flexibility index (Phi) is 18.9. The van der Waals surface area contributed by atoms with Crippen LogP contribution >= 0.6 is 58.2 Å². The van der Waals surface area contributed by atoms with Gasteiger partial charge >= 0.3 is 11.9 Å². The number of hydrogen-bond donors (Lipinski definition) is 2. The molecule has 12 nitrogen and oxygen atoms in total. The number of nitrogens with zero attached hydrogens (tertiary/aromatic N) is 2. The number of benzene rings is 4. The maximum absolute atomic E-state index is 13.3. The molecule has 2 amide bonds. The van der Waals surface area contributed by atoms with Gasteiger partial charge in [0.15, 0.2) is 0 Å². The van der Waals surface area contributed by atoms with E-state index in [9.17, 15) is 19.2 Å². The number of morpholine rings is 2. The van der Waals surface area contributed by atoms with Crippen molar-refractivity contribution in [2.45, 2.75) is 48.3 Å². The van der Waals surface area contributed by atoms with Crippen molar-refractivity contribution >= 4 is 94.1 Å². The first kappa shape index (κ1) is 49.7. The van der Waals surface area contributed by atoms with Gasteiger partial charge in [-0.2, -0.15) is 0 Å². The van der Waals surface area contributed by atoms with Crippen LogP contribution in [0.5, 0.6) is 11.5 Å². The highest BCUT2D eigenvalue weighted by molar-refractivity contribution is 7.99. The second-order valence-electron chi connectivity index (χ2n) is 15.0. The Bertz CT molecular complexity index is 2250. The number of unbranched alkanes of at least 4 members (excludes halogenated alkanes) is 2. The second-order valence-corrected chi connectivity index (χ2v) is 17.6. The molecule has 2 aliphatic heterocycles. The van der Waals surface area contributed by atoms with Crippen LogP contribution in [0.3, 0.4) is 0 Å². The highest BCUT2D eigenvalue weighted by Gasteiger charge is 2.24. The number of carbonyl (C=O) groups excluding carboxylic acids is 2. The number of hydrogen-bond acceptors (Lipinski definition) is 9. The molecule has 17 heteroatoms. The predicted molar refractivity (Wildman–Crippen MR) is 255 cm³/mol. The summed E-state index contributed by atoms with van der Waals surface area (Å²) in [5.41, 5.74) is 3.42. The highest BCUT2D eigenvalue weighted by atomic mass is 35.5. The van der Waals surface area contributed by atoms with Gasteiger partial charge in [-0.05, 0) is 73.2 Å². The van der Waals surface area contributed by atoms with Crippen molar-refractivity contribution in [3.05, 3.63) is 104 Å². The molecule has 0 atom stereocenters. The van der Waals surface area contributed by atoms with E-state index in [1.807, 2.05) is 48.5 Å². The largest absolute Gasteiger partial charge is 0.493 e. The summed E-state index contributed by atoms with van der Waals surface area (Å²) in [7, 11) is 0. The van der Waals surface area contributed by atoms with Crippen molar-refractivity contribution < 1.29 is 48.3 Å².